The minimum Gasteiger partial charge on any atom is -0.396 e. The van der Waals surface area contributed by atoms with Gasteiger partial charge in [-0.05, 0) is 43.9 Å². The first-order valence-electron chi connectivity index (χ1n) is 7.91. The second kappa shape index (κ2) is 9.73. The first-order valence-corrected chi connectivity index (χ1v) is 7.91. The minimum absolute atomic E-state index is 0.292. The molecule has 2 N–H and O–H groups in total. The van der Waals surface area contributed by atoms with E-state index in [-0.39, 0.29) is 0 Å². The summed E-state index contributed by atoms with van der Waals surface area (Å²) < 4.78 is 1.03. The molecule has 0 fully saturated rings. The van der Waals surface area contributed by atoms with E-state index in [2.05, 4.69) is 28.1 Å². The Morgan fingerprint density at radius 2 is 1.37 bits per heavy atom. The number of hydrogen-bond donors (Lipinski definition) is 2. The number of aliphatic hydroxyl groups excluding tert-OH is 2. The maximum absolute atomic E-state index is 9.32. The molecule has 1 unspecified atom stereocenters. The first kappa shape index (κ1) is 18.9. The SMILES string of the molecule is CCC(CCO)(CCCCO)CCCC[N+](C)(C)C. The highest BCUT2D eigenvalue weighted by Gasteiger charge is 2.26. The van der Waals surface area contributed by atoms with Crippen LogP contribution < -0.4 is 0 Å². The fourth-order valence-corrected chi connectivity index (χ4v) is 2.84. The van der Waals surface area contributed by atoms with Gasteiger partial charge in [-0.15, -0.1) is 0 Å². The van der Waals surface area contributed by atoms with Crippen molar-refractivity contribution in [3.8, 4) is 0 Å². The topological polar surface area (TPSA) is 40.5 Å². The van der Waals surface area contributed by atoms with Crippen molar-refractivity contribution in [1.29, 1.82) is 0 Å². The van der Waals surface area contributed by atoms with Crippen LogP contribution in [0.4, 0.5) is 0 Å². The van der Waals surface area contributed by atoms with E-state index in [0.29, 0.717) is 18.6 Å². The standard InChI is InChI=1S/C16H36NO2/c1-5-16(12-15-19,11-7-9-14-18)10-6-8-13-17(2,3)4/h18-19H,5-15H2,1-4H3/q+1. The fraction of sp³-hybridized carbons (Fsp3) is 1.00. The summed E-state index contributed by atoms with van der Waals surface area (Å²) in [6.07, 6.45) is 8.91. The summed E-state index contributed by atoms with van der Waals surface area (Å²) in [5, 5.41) is 18.2. The van der Waals surface area contributed by atoms with Crippen molar-refractivity contribution in [3.05, 3.63) is 0 Å². The Balaban J connectivity index is 4.17. The Morgan fingerprint density at radius 3 is 1.79 bits per heavy atom. The summed E-state index contributed by atoms with van der Waals surface area (Å²) in [7, 11) is 6.71. The predicted molar refractivity (Wildman–Crippen MR) is 82.1 cm³/mol. The van der Waals surface area contributed by atoms with Crippen LogP contribution in [0.2, 0.25) is 0 Å². The zero-order valence-electron chi connectivity index (χ0n) is 13.6. The van der Waals surface area contributed by atoms with E-state index in [4.69, 9.17) is 5.11 Å². The van der Waals surface area contributed by atoms with Crippen molar-refractivity contribution in [2.24, 2.45) is 5.41 Å². The van der Waals surface area contributed by atoms with Gasteiger partial charge in [-0.2, -0.15) is 0 Å². The van der Waals surface area contributed by atoms with Gasteiger partial charge in [0.2, 0.25) is 0 Å². The van der Waals surface area contributed by atoms with Gasteiger partial charge in [0.25, 0.3) is 0 Å². The number of quaternary nitrogens is 1. The van der Waals surface area contributed by atoms with Crippen molar-refractivity contribution >= 4 is 0 Å². The Hall–Kier alpha value is -0.120. The lowest BCUT2D eigenvalue weighted by Crippen LogP contribution is -2.35. The molecule has 0 saturated carbocycles. The molecule has 3 nitrogen and oxygen atoms in total. The maximum atomic E-state index is 9.32. The summed E-state index contributed by atoms with van der Waals surface area (Å²) in [5.74, 6) is 0. The molecular weight excluding hydrogens is 238 g/mol. The van der Waals surface area contributed by atoms with E-state index in [1.54, 1.807) is 0 Å². The lowest BCUT2D eigenvalue weighted by Gasteiger charge is -2.33. The average molecular weight is 274 g/mol. The molecule has 0 amide bonds. The zero-order valence-corrected chi connectivity index (χ0v) is 13.6. The van der Waals surface area contributed by atoms with E-state index in [9.17, 15) is 5.11 Å². The number of unbranched alkanes of at least 4 members (excludes halogenated alkanes) is 2. The Morgan fingerprint density at radius 1 is 0.789 bits per heavy atom. The van der Waals surface area contributed by atoms with Gasteiger partial charge in [0, 0.05) is 13.2 Å². The van der Waals surface area contributed by atoms with Crippen LogP contribution in [0.1, 0.15) is 58.3 Å². The molecular formula is C16H36NO2+. The van der Waals surface area contributed by atoms with Gasteiger partial charge in [0.1, 0.15) is 0 Å². The quantitative estimate of drug-likeness (QED) is 0.424. The van der Waals surface area contributed by atoms with Crippen molar-refractivity contribution < 1.29 is 14.7 Å². The third-order valence-electron chi connectivity index (χ3n) is 4.29. The molecule has 0 heterocycles. The molecule has 0 rings (SSSR count). The van der Waals surface area contributed by atoms with E-state index in [1.807, 2.05) is 0 Å². The van der Waals surface area contributed by atoms with Crippen LogP contribution in [0.15, 0.2) is 0 Å². The first-order chi connectivity index (χ1) is 8.89. The number of rotatable bonds is 12. The highest BCUT2D eigenvalue weighted by molar-refractivity contribution is 4.78. The molecule has 1 atom stereocenters. The third-order valence-corrected chi connectivity index (χ3v) is 4.29. The van der Waals surface area contributed by atoms with Gasteiger partial charge in [-0.1, -0.05) is 19.8 Å². The van der Waals surface area contributed by atoms with E-state index in [1.165, 1.54) is 25.8 Å². The largest absolute Gasteiger partial charge is 0.396 e. The summed E-state index contributed by atoms with van der Waals surface area (Å²) in [4.78, 5) is 0. The molecule has 0 aromatic carbocycles. The van der Waals surface area contributed by atoms with Gasteiger partial charge in [0.15, 0.2) is 0 Å². The second-order valence-electron chi connectivity index (χ2n) is 6.98. The molecule has 0 aromatic rings. The highest BCUT2D eigenvalue weighted by Crippen LogP contribution is 2.37. The van der Waals surface area contributed by atoms with Crippen LogP contribution in [0.3, 0.4) is 0 Å². The Kier molecular flexibility index (Phi) is 9.67. The number of hydrogen-bond acceptors (Lipinski definition) is 2. The van der Waals surface area contributed by atoms with Crippen LogP contribution in [0.5, 0.6) is 0 Å². The van der Waals surface area contributed by atoms with Gasteiger partial charge < -0.3 is 14.7 Å². The smallest absolute Gasteiger partial charge is 0.0780 e. The Labute approximate surface area is 120 Å². The van der Waals surface area contributed by atoms with Crippen molar-refractivity contribution in [3.63, 3.8) is 0 Å². The predicted octanol–water partition coefficient (Wildman–Crippen LogP) is 2.80. The van der Waals surface area contributed by atoms with Crippen LogP contribution >= 0.6 is 0 Å². The lowest BCUT2D eigenvalue weighted by molar-refractivity contribution is -0.870. The molecule has 3 heteroatoms. The molecule has 0 saturated heterocycles. The van der Waals surface area contributed by atoms with E-state index >= 15 is 0 Å². The lowest BCUT2D eigenvalue weighted by atomic mass is 9.73. The van der Waals surface area contributed by atoms with Crippen LogP contribution in [0.25, 0.3) is 0 Å². The highest BCUT2D eigenvalue weighted by atomic mass is 16.3. The Bertz CT molecular complexity index is 213. The van der Waals surface area contributed by atoms with Crippen LogP contribution in [0, 0.1) is 5.41 Å². The summed E-state index contributed by atoms with van der Waals surface area (Å²) in [6, 6.07) is 0. The second-order valence-corrected chi connectivity index (χ2v) is 6.98. The molecule has 0 bridgehead atoms. The molecule has 19 heavy (non-hydrogen) atoms. The van der Waals surface area contributed by atoms with Crippen molar-refractivity contribution in [2.75, 3.05) is 40.9 Å². The van der Waals surface area contributed by atoms with Crippen LogP contribution in [-0.4, -0.2) is 55.6 Å². The fourth-order valence-electron chi connectivity index (χ4n) is 2.84. The normalized spacial score (nSPS) is 15.5. The molecule has 116 valence electrons. The van der Waals surface area contributed by atoms with Gasteiger partial charge in [-0.25, -0.2) is 0 Å². The van der Waals surface area contributed by atoms with E-state index in [0.717, 1.165) is 36.6 Å². The van der Waals surface area contributed by atoms with Crippen molar-refractivity contribution in [2.45, 2.75) is 58.3 Å². The minimum atomic E-state index is 0.292. The van der Waals surface area contributed by atoms with E-state index < -0.39 is 0 Å². The number of aliphatic hydroxyl groups is 2. The molecule has 0 aliphatic carbocycles. The van der Waals surface area contributed by atoms with Gasteiger partial charge in [-0.3, -0.25) is 0 Å². The van der Waals surface area contributed by atoms with Gasteiger partial charge in [0.05, 0.1) is 27.7 Å². The summed E-state index contributed by atoms with van der Waals surface area (Å²) >= 11 is 0. The maximum Gasteiger partial charge on any atom is 0.0780 e. The number of nitrogens with zero attached hydrogens (tertiary/aromatic N) is 1. The molecule has 0 radical (unpaired) electrons. The average Bonchev–Trinajstić information content (AvgIpc) is 2.33. The molecule has 0 aliphatic rings. The van der Waals surface area contributed by atoms with Crippen LogP contribution in [-0.2, 0) is 0 Å². The third kappa shape index (κ3) is 9.42. The summed E-state index contributed by atoms with van der Waals surface area (Å²) in [5.41, 5.74) is 0.300. The molecule has 0 aliphatic heterocycles. The van der Waals surface area contributed by atoms with Crippen molar-refractivity contribution in [1.82, 2.24) is 0 Å². The zero-order chi connectivity index (χ0) is 14.8. The monoisotopic (exact) mass is 274 g/mol. The van der Waals surface area contributed by atoms with Gasteiger partial charge >= 0.3 is 0 Å². The molecule has 0 spiro atoms. The summed E-state index contributed by atoms with van der Waals surface area (Å²) in [6.45, 7) is 4.05. The molecule has 0 aromatic heterocycles.